The fourth-order valence-electron chi connectivity index (χ4n) is 8.11. The van der Waals surface area contributed by atoms with E-state index in [1.807, 2.05) is 0 Å². The van der Waals surface area contributed by atoms with Gasteiger partial charge in [0.2, 0.25) is 0 Å². The molecule has 2 saturated heterocycles. The maximum Gasteiger partial charge on any atom is 0.397 e. The molecule has 2 heterocycles. The fourth-order valence-corrected chi connectivity index (χ4v) is 8.59. The Hall–Kier alpha value is -5.35. The Balaban J connectivity index is 1.32. The highest BCUT2D eigenvalue weighted by Gasteiger charge is 2.52. The Morgan fingerprint density at radius 1 is 0.825 bits per heavy atom. The smallest absolute Gasteiger partial charge is 0.397 e. The third-order valence-corrected chi connectivity index (χ3v) is 11.8. The SMILES string of the molecule is COc1cc(O)c2c(c1)C(=O)c1c(cc3c(c1O)-c1c(cc(C)c(C(=O)NC(C)C(=O)O)c1O)C(OC1OC(C)C(O)C(OC4OCC(OS(=O)(=O)O)C(O)C4O)C1O)C3O)C2=O. The number of aliphatic hydroxyl groups is 5. The molecule has 1 amide bonds. The van der Waals surface area contributed by atoms with Crippen LogP contribution in [0, 0.1) is 6.92 Å². The van der Waals surface area contributed by atoms with E-state index in [4.69, 9.17) is 28.2 Å². The number of hydrogen-bond donors (Lipinski definition) is 11. The molecule has 2 aliphatic carbocycles. The summed E-state index contributed by atoms with van der Waals surface area (Å²) in [6, 6.07) is 2.97. The molecular weight excluding hydrogens is 866 g/mol. The molecule has 2 aliphatic heterocycles. The number of aliphatic carboxylic acids is 1. The molecule has 24 heteroatoms. The number of aryl methyl sites for hydroxylation is 1. The van der Waals surface area contributed by atoms with Crippen molar-refractivity contribution in [2.75, 3.05) is 13.7 Å². The number of phenolic OH excluding ortho intramolecular Hbond substituents is 3. The van der Waals surface area contributed by atoms with E-state index in [1.54, 1.807) is 0 Å². The van der Waals surface area contributed by atoms with Crippen LogP contribution in [0.5, 0.6) is 23.0 Å². The number of carbonyl (C=O) groups excluding carboxylic acids is 3. The number of ether oxygens (including phenoxy) is 5. The van der Waals surface area contributed by atoms with E-state index in [-0.39, 0.29) is 22.4 Å². The van der Waals surface area contributed by atoms with Crippen molar-refractivity contribution in [1.82, 2.24) is 5.32 Å². The van der Waals surface area contributed by atoms with Crippen molar-refractivity contribution in [1.29, 1.82) is 0 Å². The molecule has 0 saturated carbocycles. The van der Waals surface area contributed by atoms with Crippen molar-refractivity contribution in [3.8, 4) is 34.1 Å². The molecule has 12 unspecified atom stereocenters. The summed E-state index contributed by atoms with van der Waals surface area (Å²) in [5, 5.41) is 102. The van der Waals surface area contributed by atoms with Crippen LogP contribution < -0.4 is 10.1 Å². The predicted molar refractivity (Wildman–Crippen MR) is 204 cm³/mol. The summed E-state index contributed by atoms with van der Waals surface area (Å²) in [5.74, 6) is -7.05. The van der Waals surface area contributed by atoms with Crippen molar-refractivity contribution in [3.63, 3.8) is 0 Å². The van der Waals surface area contributed by atoms with Crippen LogP contribution in [0.4, 0.5) is 0 Å². The minimum Gasteiger partial charge on any atom is -0.507 e. The number of hydrogen-bond acceptors (Lipinski definition) is 20. The van der Waals surface area contributed by atoms with E-state index in [2.05, 4.69) is 9.50 Å². The molecule has 0 bridgehead atoms. The monoisotopic (exact) mass is 907 g/mol. The van der Waals surface area contributed by atoms with Crippen LogP contribution in [0.3, 0.4) is 0 Å². The van der Waals surface area contributed by atoms with Crippen LogP contribution in [0.1, 0.15) is 84.9 Å². The number of carboxylic acids is 1. The number of rotatable bonds is 10. The van der Waals surface area contributed by atoms with Gasteiger partial charge in [-0.15, -0.1) is 0 Å². The Morgan fingerprint density at radius 3 is 2.10 bits per heavy atom. The quantitative estimate of drug-likeness (QED) is 0.0849. The predicted octanol–water partition coefficient (Wildman–Crippen LogP) is -1.01. The van der Waals surface area contributed by atoms with Crippen molar-refractivity contribution in [2.24, 2.45) is 0 Å². The summed E-state index contributed by atoms with van der Waals surface area (Å²) < 4.78 is 63.8. The van der Waals surface area contributed by atoms with Crippen molar-refractivity contribution in [2.45, 2.75) is 94.3 Å². The zero-order valence-corrected chi connectivity index (χ0v) is 34.0. The van der Waals surface area contributed by atoms with Gasteiger partial charge in [0.1, 0.15) is 77.9 Å². The molecule has 0 aromatic heterocycles. The second-order valence-corrected chi connectivity index (χ2v) is 16.3. The molecular formula is C39H41NO22S. The van der Waals surface area contributed by atoms with E-state index in [9.17, 15) is 73.6 Å². The lowest BCUT2D eigenvalue weighted by Gasteiger charge is -2.46. The average Bonchev–Trinajstić information content (AvgIpc) is 3.20. The Bertz CT molecular complexity index is 2530. The largest absolute Gasteiger partial charge is 0.507 e. The zero-order valence-electron chi connectivity index (χ0n) is 33.2. The average molecular weight is 908 g/mol. The van der Waals surface area contributed by atoms with Gasteiger partial charge in [0, 0.05) is 28.3 Å². The third-order valence-electron chi connectivity index (χ3n) is 11.3. The second-order valence-electron chi connectivity index (χ2n) is 15.3. The lowest BCUT2D eigenvalue weighted by atomic mass is 9.74. The summed E-state index contributed by atoms with van der Waals surface area (Å²) in [5.41, 5.74) is -4.07. The van der Waals surface area contributed by atoms with Gasteiger partial charge in [0.05, 0.1) is 36.5 Å². The number of carboxylic acid groups (broad SMARTS) is 1. The lowest BCUT2D eigenvalue weighted by Crippen LogP contribution is -2.62. The van der Waals surface area contributed by atoms with E-state index >= 15 is 0 Å². The first-order chi connectivity index (χ1) is 29.5. The molecule has 0 spiro atoms. The minimum atomic E-state index is -5.11. The summed E-state index contributed by atoms with van der Waals surface area (Å²) in [4.78, 5) is 53.2. The van der Waals surface area contributed by atoms with Gasteiger partial charge in [-0.3, -0.25) is 23.7 Å². The van der Waals surface area contributed by atoms with Gasteiger partial charge in [0.25, 0.3) is 5.91 Å². The number of carbonyl (C=O) groups is 4. The maximum absolute atomic E-state index is 14.1. The zero-order chi connectivity index (χ0) is 46.3. The third kappa shape index (κ3) is 7.87. The number of benzene rings is 3. The van der Waals surface area contributed by atoms with Crippen LogP contribution in [0.2, 0.25) is 0 Å². The van der Waals surface area contributed by atoms with Crippen molar-refractivity contribution >= 4 is 33.8 Å². The molecule has 63 heavy (non-hydrogen) atoms. The summed E-state index contributed by atoms with van der Waals surface area (Å²) >= 11 is 0. The Labute approximate surface area is 355 Å². The molecule has 0 radical (unpaired) electrons. The molecule has 12 atom stereocenters. The fraction of sp³-hybridized carbons (Fsp3) is 0.436. The number of amides is 1. The minimum absolute atomic E-state index is 0.0195. The molecule has 4 aliphatic rings. The molecule has 11 N–H and O–H groups in total. The van der Waals surface area contributed by atoms with Gasteiger partial charge in [-0.2, -0.15) is 8.42 Å². The summed E-state index contributed by atoms with van der Waals surface area (Å²) in [6.07, 6.45) is -20.4. The van der Waals surface area contributed by atoms with Crippen molar-refractivity contribution in [3.05, 3.63) is 68.8 Å². The first-order valence-electron chi connectivity index (χ1n) is 18.9. The highest BCUT2D eigenvalue weighted by molar-refractivity contribution is 7.80. The van der Waals surface area contributed by atoms with Crippen LogP contribution in [0.15, 0.2) is 24.3 Å². The normalized spacial score (nSPS) is 29.5. The number of ketones is 2. The summed E-state index contributed by atoms with van der Waals surface area (Å²) in [7, 11) is -3.87. The highest BCUT2D eigenvalue weighted by Crippen LogP contribution is 2.57. The van der Waals surface area contributed by atoms with Gasteiger partial charge in [-0.25, -0.2) is 4.18 Å². The first-order valence-corrected chi connectivity index (χ1v) is 20.3. The van der Waals surface area contributed by atoms with Gasteiger partial charge in [-0.1, -0.05) is 6.07 Å². The number of nitrogens with one attached hydrogen (secondary N) is 1. The van der Waals surface area contributed by atoms with E-state index < -0.39 is 170 Å². The van der Waals surface area contributed by atoms with Crippen LogP contribution in [0.25, 0.3) is 11.1 Å². The van der Waals surface area contributed by atoms with E-state index in [1.165, 1.54) is 27.0 Å². The molecule has 2 fully saturated rings. The topological polar surface area (TPSA) is 372 Å². The molecule has 3 aromatic carbocycles. The number of aliphatic hydroxyl groups excluding tert-OH is 5. The van der Waals surface area contributed by atoms with Gasteiger partial charge in [0.15, 0.2) is 24.1 Å². The highest BCUT2D eigenvalue weighted by atomic mass is 32.3. The van der Waals surface area contributed by atoms with E-state index in [0.717, 1.165) is 25.1 Å². The first kappa shape index (κ1) is 45.7. The lowest BCUT2D eigenvalue weighted by molar-refractivity contribution is -0.352. The van der Waals surface area contributed by atoms with Gasteiger partial charge >= 0.3 is 16.4 Å². The molecule has 3 aromatic rings. The van der Waals surface area contributed by atoms with Gasteiger partial charge < -0.3 is 75.0 Å². The van der Waals surface area contributed by atoms with Crippen LogP contribution >= 0.6 is 0 Å². The molecule has 7 rings (SSSR count). The maximum atomic E-state index is 14.1. The number of methoxy groups -OCH3 is 1. The van der Waals surface area contributed by atoms with Crippen molar-refractivity contribution < 1.29 is 106 Å². The summed E-state index contributed by atoms with van der Waals surface area (Å²) in [6.45, 7) is 3.01. The number of fused-ring (bicyclic) bond motifs is 5. The standard InChI is InChI=1S/C39H41NO22S/c1-10-5-17-23(30(47)20(10)36(51)40-11(2)37(52)53)22-15(8-16-24(31(22)48)27(44)14-6-13(57-4)7-18(41)21(14)26(16)43)28(45)34(17)60-39-33(50)35(25(42)12(3)59-39)61-38-32(49)29(46)19(9-58-38)62-63(54,55)56/h5-8,11-12,19,25,28-29,32-35,38-39,41-42,45-50H,9H2,1-4H3,(H,40,51)(H,52,53)(H,54,55,56). The number of aromatic hydroxyl groups is 3. The number of phenols is 3. The van der Waals surface area contributed by atoms with Crippen LogP contribution in [-0.2, 0) is 38.3 Å². The second kappa shape index (κ2) is 16.6. The Kier molecular flexibility index (Phi) is 12.1. The van der Waals surface area contributed by atoms with Crippen LogP contribution in [-0.4, -0.2) is 157 Å². The van der Waals surface area contributed by atoms with Gasteiger partial charge in [-0.05, 0) is 49.6 Å². The Morgan fingerprint density at radius 2 is 1.46 bits per heavy atom. The molecule has 23 nitrogen and oxygen atoms in total. The van der Waals surface area contributed by atoms with E-state index in [0.29, 0.717) is 0 Å². The molecule has 340 valence electrons.